The van der Waals surface area contributed by atoms with E-state index >= 15 is 0 Å². The first-order chi connectivity index (χ1) is 15.1. The SMILES string of the molecule is CC#N.CCC(CCc1ccc(C2CCC(F)CC2)cc1)N(CC)Cc1ccccc1. The maximum atomic E-state index is 13.4. The van der Waals surface area contributed by atoms with E-state index < -0.39 is 6.17 Å². The zero-order valence-electron chi connectivity index (χ0n) is 19.6. The Morgan fingerprint density at radius 3 is 2.13 bits per heavy atom. The van der Waals surface area contributed by atoms with Gasteiger partial charge in [0, 0.05) is 19.5 Å². The molecule has 3 heteroatoms. The Hall–Kier alpha value is -2.18. The normalized spacial score (nSPS) is 19.2. The Labute approximate surface area is 189 Å². The molecule has 0 amide bonds. The second-order valence-corrected chi connectivity index (χ2v) is 8.56. The van der Waals surface area contributed by atoms with Crippen molar-refractivity contribution in [1.82, 2.24) is 4.90 Å². The van der Waals surface area contributed by atoms with Gasteiger partial charge in [-0.15, -0.1) is 0 Å². The highest BCUT2D eigenvalue weighted by Crippen LogP contribution is 2.34. The van der Waals surface area contributed by atoms with Crippen LogP contribution in [0.5, 0.6) is 0 Å². The van der Waals surface area contributed by atoms with Gasteiger partial charge in [-0.25, -0.2) is 4.39 Å². The van der Waals surface area contributed by atoms with E-state index in [2.05, 4.69) is 73.3 Å². The number of hydrogen-bond donors (Lipinski definition) is 0. The molecule has 2 nitrogen and oxygen atoms in total. The lowest BCUT2D eigenvalue weighted by atomic mass is 9.83. The van der Waals surface area contributed by atoms with Crippen LogP contribution < -0.4 is 0 Å². The predicted octanol–water partition coefficient (Wildman–Crippen LogP) is 7.45. The van der Waals surface area contributed by atoms with Gasteiger partial charge in [-0.05, 0) is 74.1 Å². The molecule has 0 heterocycles. The summed E-state index contributed by atoms with van der Waals surface area (Å²) in [5, 5.41) is 7.32. The molecule has 1 aliphatic carbocycles. The number of nitrogens with zero attached hydrogens (tertiary/aromatic N) is 2. The Bertz CT molecular complexity index is 758. The van der Waals surface area contributed by atoms with Gasteiger partial charge in [0.15, 0.2) is 0 Å². The van der Waals surface area contributed by atoms with E-state index in [0.29, 0.717) is 12.0 Å². The summed E-state index contributed by atoms with van der Waals surface area (Å²) in [6, 6.07) is 22.4. The molecule has 0 radical (unpaired) electrons. The van der Waals surface area contributed by atoms with E-state index in [1.165, 1.54) is 36.5 Å². The average molecular weight is 423 g/mol. The standard InChI is InChI=1S/C26H36FN.C2H3N/c1-3-26(28(4-2)20-22-8-6-5-7-9-22)19-12-21-10-13-23(14-11-21)24-15-17-25(27)18-16-24;1-2-3/h5-11,13-14,24-26H,3-4,12,15-20H2,1-2H3;1H3. The molecule has 2 aromatic carbocycles. The van der Waals surface area contributed by atoms with Crippen LogP contribution in [-0.2, 0) is 13.0 Å². The quantitative estimate of drug-likeness (QED) is 0.420. The number of aryl methyl sites for hydroxylation is 1. The number of rotatable bonds is 9. The molecule has 0 bridgehead atoms. The summed E-state index contributed by atoms with van der Waals surface area (Å²) < 4.78 is 13.4. The van der Waals surface area contributed by atoms with Gasteiger partial charge in [0.05, 0.1) is 6.07 Å². The summed E-state index contributed by atoms with van der Waals surface area (Å²) in [5.41, 5.74) is 4.23. The van der Waals surface area contributed by atoms with Crippen LogP contribution in [-0.4, -0.2) is 23.7 Å². The van der Waals surface area contributed by atoms with Gasteiger partial charge in [0.25, 0.3) is 0 Å². The maximum Gasteiger partial charge on any atom is 0.100 e. The number of benzene rings is 2. The third-order valence-corrected chi connectivity index (χ3v) is 6.50. The van der Waals surface area contributed by atoms with Crippen molar-refractivity contribution < 1.29 is 4.39 Å². The van der Waals surface area contributed by atoms with Crippen molar-refractivity contribution in [1.29, 1.82) is 5.26 Å². The molecule has 0 N–H and O–H groups in total. The summed E-state index contributed by atoms with van der Waals surface area (Å²) in [7, 11) is 0. The van der Waals surface area contributed by atoms with Crippen LogP contribution in [0.15, 0.2) is 54.6 Å². The lowest BCUT2D eigenvalue weighted by molar-refractivity contribution is 0.182. The lowest BCUT2D eigenvalue weighted by Gasteiger charge is -2.30. The summed E-state index contributed by atoms with van der Waals surface area (Å²) in [6.07, 6.45) is 6.42. The Balaban J connectivity index is 0.00000107. The molecule has 0 saturated heterocycles. The third kappa shape index (κ3) is 8.46. The monoisotopic (exact) mass is 422 g/mol. The van der Waals surface area contributed by atoms with Crippen LogP contribution in [0.1, 0.15) is 81.9 Å². The molecule has 1 unspecified atom stereocenters. The summed E-state index contributed by atoms with van der Waals surface area (Å²) in [4.78, 5) is 2.61. The second kappa shape index (κ2) is 14.0. The average Bonchev–Trinajstić information content (AvgIpc) is 2.81. The molecule has 0 spiro atoms. The van der Waals surface area contributed by atoms with Gasteiger partial charge in [-0.1, -0.05) is 68.4 Å². The lowest BCUT2D eigenvalue weighted by Crippen LogP contribution is -2.34. The van der Waals surface area contributed by atoms with Crippen molar-refractivity contribution in [2.75, 3.05) is 6.54 Å². The number of hydrogen-bond acceptors (Lipinski definition) is 2. The van der Waals surface area contributed by atoms with Gasteiger partial charge in [0.2, 0.25) is 0 Å². The molecule has 31 heavy (non-hydrogen) atoms. The van der Waals surface area contributed by atoms with E-state index in [0.717, 1.165) is 45.2 Å². The van der Waals surface area contributed by atoms with Crippen molar-refractivity contribution in [3.8, 4) is 6.07 Å². The molecule has 0 aliphatic heterocycles. The van der Waals surface area contributed by atoms with E-state index in [1.807, 2.05) is 0 Å². The van der Waals surface area contributed by atoms with Crippen LogP contribution in [0.2, 0.25) is 0 Å². The molecule has 3 rings (SSSR count). The third-order valence-electron chi connectivity index (χ3n) is 6.50. The van der Waals surface area contributed by atoms with Crippen LogP contribution in [0.3, 0.4) is 0 Å². The minimum atomic E-state index is -0.570. The van der Waals surface area contributed by atoms with Crippen molar-refractivity contribution in [2.45, 2.75) is 90.4 Å². The van der Waals surface area contributed by atoms with E-state index in [-0.39, 0.29) is 0 Å². The minimum absolute atomic E-state index is 0.561. The molecule has 0 aromatic heterocycles. The zero-order chi connectivity index (χ0) is 22.5. The maximum absolute atomic E-state index is 13.4. The number of alkyl halides is 1. The van der Waals surface area contributed by atoms with Crippen LogP contribution in [0.25, 0.3) is 0 Å². The fourth-order valence-corrected chi connectivity index (χ4v) is 4.64. The molecule has 1 fully saturated rings. The van der Waals surface area contributed by atoms with Crippen molar-refractivity contribution in [2.24, 2.45) is 0 Å². The molecular weight excluding hydrogens is 383 g/mol. The van der Waals surface area contributed by atoms with Gasteiger partial charge in [-0.3, -0.25) is 4.90 Å². The fourth-order valence-electron chi connectivity index (χ4n) is 4.64. The van der Waals surface area contributed by atoms with Gasteiger partial charge in [-0.2, -0.15) is 5.26 Å². The summed E-state index contributed by atoms with van der Waals surface area (Å²) in [5.74, 6) is 0.561. The van der Waals surface area contributed by atoms with Crippen LogP contribution >= 0.6 is 0 Å². The molecule has 168 valence electrons. The van der Waals surface area contributed by atoms with Gasteiger partial charge >= 0.3 is 0 Å². The highest BCUT2D eigenvalue weighted by molar-refractivity contribution is 5.26. The van der Waals surface area contributed by atoms with E-state index in [1.54, 1.807) is 6.07 Å². The topological polar surface area (TPSA) is 27.0 Å². The first-order valence-electron chi connectivity index (χ1n) is 11.9. The van der Waals surface area contributed by atoms with Gasteiger partial charge < -0.3 is 0 Å². The molecule has 1 aliphatic rings. The first kappa shape index (κ1) is 25.1. The fraction of sp³-hybridized carbons (Fsp3) is 0.536. The van der Waals surface area contributed by atoms with Gasteiger partial charge in [0.1, 0.15) is 6.17 Å². The summed E-state index contributed by atoms with van der Waals surface area (Å²) >= 11 is 0. The largest absolute Gasteiger partial charge is 0.296 e. The second-order valence-electron chi connectivity index (χ2n) is 8.56. The van der Waals surface area contributed by atoms with Crippen molar-refractivity contribution >= 4 is 0 Å². The number of nitriles is 1. The van der Waals surface area contributed by atoms with Crippen LogP contribution in [0.4, 0.5) is 4.39 Å². The van der Waals surface area contributed by atoms with E-state index in [9.17, 15) is 4.39 Å². The van der Waals surface area contributed by atoms with E-state index in [4.69, 9.17) is 5.26 Å². The zero-order valence-corrected chi connectivity index (χ0v) is 19.6. The smallest absolute Gasteiger partial charge is 0.100 e. The van der Waals surface area contributed by atoms with Crippen LogP contribution in [0, 0.1) is 11.3 Å². The Morgan fingerprint density at radius 1 is 0.968 bits per heavy atom. The molecule has 1 atom stereocenters. The number of halogens is 1. The highest BCUT2D eigenvalue weighted by atomic mass is 19.1. The molecule has 2 aromatic rings. The summed E-state index contributed by atoms with van der Waals surface area (Å²) in [6.45, 7) is 8.13. The minimum Gasteiger partial charge on any atom is -0.296 e. The van der Waals surface area contributed by atoms with Crippen molar-refractivity contribution in [3.63, 3.8) is 0 Å². The predicted molar refractivity (Wildman–Crippen MR) is 129 cm³/mol. The Morgan fingerprint density at radius 2 is 1.58 bits per heavy atom. The molecule has 1 saturated carbocycles. The highest BCUT2D eigenvalue weighted by Gasteiger charge is 2.22. The Kier molecular flexibility index (Phi) is 11.3. The molecular formula is C28H39FN2. The first-order valence-corrected chi connectivity index (χ1v) is 11.9. The van der Waals surface area contributed by atoms with Crippen molar-refractivity contribution in [3.05, 3.63) is 71.3 Å².